The molecule has 5 heteroatoms. The molecule has 1 aromatic carbocycles. The summed E-state index contributed by atoms with van der Waals surface area (Å²) in [6.45, 7) is 3.67. The molecule has 1 N–H and O–H groups in total. The number of nitrogens with zero attached hydrogens (tertiary/aromatic N) is 2. The molecule has 2 aromatic heterocycles. The van der Waals surface area contributed by atoms with Crippen LogP contribution in [0.3, 0.4) is 0 Å². The Hall–Kier alpha value is -2.43. The zero-order valence-corrected chi connectivity index (χ0v) is 10.0. The van der Waals surface area contributed by atoms with Crippen LogP contribution in [-0.4, -0.2) is 15.1 Å². The molecule has 0 atom stereocenters. The third-order valence-corrected chi connectivity index (χ3v) is 2.77. The fourth-order valence-corrected chi connectivity index (χ4v) is 1.89. The Kier molecular flexibility index (Phi) is 2.26. The Balaban J connectivity index is 2.28. The van der Waals surface area contributed by atoms with Crippen LogP contribution in [0, 0.1) is 13.8 Å². The van der Waals surface area contributed by atoms with Crippen LogP contribution in [0.5, 0.6) is 0 Å². The monoisotopic (exact) mass is 241 g/mol. The minimum atomic E-state index is -0.214. The third-order valence-electron chi connectivity index (χ3n) is 2.77. The third kappa shape index (κ3) is 1.69. The van der Waals surface area contributed by atoms with Crippen molar-refractivity contribution in [3.63, 3.8) is 0 Å². The Morgan fingerprint density at radius 1 is 1.22 bits per heavy atom. The van der Waals surface area contributed by atoms with E-state index in [0.717, 1.165) is 16.5 Å². The lowest BCUT2D eigenvalue weighted by Gasteiger charge is -2.01. The zero-order chi connectivity index (χ0) is 12.7. The first-order chi connectivity index (χ1) is 8.63. The lowest BCUT2D eigenvalue weighted by Crippen LogP contribution is -2.09. The van der Waals surface area contributed by atoms with Crippen molar-refractivity contribution in [1.29, 1.82) is 0 Å². The summed E-state index contributed by atoms with van der Waals surface area (Å²) in [4.78, 5) is 18.9. The predicted molar refractivity (Wildman–Crippen MR) is 67.3 cm³/mol. The Morgan fingerprint density at radius 2 is 2.06 bits per heavy atom. The standard InChI is InChI=1S/C13H11N3O2/c1-7-3-4-9-6-10(12-14-8(2)18-16-12)13(17)15-11(9)5-7/h3-6H,1-2H3,(H,15,17). The van der Waals surface area contributed by atoms with Crippen molar-refractivity contribution in [2.24, 2.45) is 0 Å². The first kappa shape index (κ1) is 10.7. The number of hydrogen-bond acceptors (Lipinski definition) is 4. The summed E-state index contributed by atoms with van der Waals surface area (Å²) in [6.07, 6.45) is 0. The maximum absolute atomic E-state index is 12.0. The lowest BCUT2D eigenvalue weighted by atomic mass is 10.1. The van der Waals surface area contributed by atoms with Gasteiger partial charge in [0.05, 0.1) is 5.56 Å². The summed E-state index contributed by atoms with van der Waals surface area (Å²) in [7, 11) is 0. The van der Waals surface area contributed by atoms with Crippen LogP contribution < -0.4 is 5.56 Å². The van der Waals surface area contributed by atoms with Crippen LogP contribution in [0.4, 0.5) is 0 Å². The molecule has 0 aliphatic rings. The van der Waals surface area contributed by atoms with Crippen molar-refractivity contribution in [2.45, 2.75) is 13.8 Å². The molecule has 0 unspecified atom stereocenters. The van der Waals surface area contributed by atoms with E-state index in [0.29, 0.717) is 17.3 Å². The summed E-state index contributed by atoms with van der Waals surface area (Å²) >= 11 is 0. The number of nitrogens with one attached hydrogen (secondary N) is 1. The van der Waals surface area contributed by atoms with Gasteiger partial charge in [0, 0.05) is 12.4 Å². The zero-order valence-electron chi connectivity index (χ0n) is 10.0. The average Bonchev–Trinajstić information content (AvgIpc) is 2.74. The van der Waals surface area contributed by atoms with Crippen molar-refractivity contribution in [3.05, 3.63) is 46.1 Å². The number of hydrogen-bond donors (Lipinski definition) is 1. The van der Waals surface area contributed by atoms with Crippen LogP contribution in [0.25, 0.3) is 22.3 Å². The Bertz CT molecular complexity index is 786. The highest BCUT2D eigenvalue weighted by Gasteiger charge is 2.11. The number of benzene rings is 1. The maximum Gasteiger partial charge on any atom is 0.259 e. The Labute approximate surface area is 102 Å². The van der Waals surface area contributed by atoms with E-state index in [1.54, 1.807) is 13.0 Å². The van der Waals surface area contributed by atoms with Gasteiger partial charge < -0.3 is 9.51 Å². The summed E-state index contributed by atoms with van der Waals surface area (Å²) in [5.74, 6) is 0.754. The topological polar surface area (TPSA) is 71.8 Å². The molecule has 18 heavy (non-hydrogen) atoms. The van der Waals surface area contributed by atoms with Crippen molar-refractivity contribution in [2.75, 3.05) is 0 Å². The molecule has 0 aliphatic heterocycles. The molecule has 0 bridgehead atoms. The normalized spacial score (nSPS) is 11.0. The molecule has 0 radical (unpaired) electrons. The van der Waals surface area contributed by atoms with Gasteiger partial charge in [-0.15, -0.1) is 0 Å². The molecule has 0 spiro atoms. The summed E-state index contributed by atoms with van der Waals surface area (Å²) in [5, 5.41) is 4.71. The molecule has 90 valence electrons. The van der Waals surface area contributed by atoms with E-state index in [2.05, 4.69) is 15.1 Å². The molecular weight excluding hydrogens is 230 g/mol. The van der Waals surface area contributed by atoms with Gasteiger partial charge in [0.2, 0.25) is 11.7 Å². The first-order valence-corrected chi connectivity index (χ1v) is 5.58. The van der Waals surface area contributed by atoms with E-state index in [-0.39, 0.29) is 5.56 Å². The van der Waals surface area contributed by atoms with Gasteiger partial charge in [-0.05, 0) is 30.0 Å². The number of aromatic amines is 1. The quantitative estimate of drug-likeness (QED) is 0.708. The van der Waals surface area contributed by atoms with Gasteiger partial charge >= 0.3 is 0 Å². The van der Waals surface area contributed by atoms with Crippen molar-refractivity contribution in [1.82, 2.24) is 15.1 Å². The van der Waals surface area contributed by atoms with E-state index in [1.165, 1.54) is 0 Å². The summed E-state index contributed by atoms with van der Waals surface area (Å²) in [6, 6.07) is 7.66. The van der Waals surface area contributed by atoms with Crippen molar-refractivity contribution < 1.29 is 4.52 Å². The highest BCUT2D eigenvalue weighted by Crippen LogP contribution is 2.18. The van der Waals surface area contributed by atoms with Crippen LogP contribution in [0.2, 0.25) is 0 Å². The highest BCUT2D eigenvalue weighted by molar-refractivity contribution is 5.82. The SMILES string of the molecule is Cc1ccc2cc(-c3noc(C)n3)c(=O)[nH]c2c1. The molecule has 5 nitrogen and oxygen atoms in total. The first-order valence-electron chi connectivity index (χ1n) is 5.58. The summed E-state index contributed by atoms with van der Waals surface area (Å²) < 4.78 is 4.89. The number of fused-ring (bicyclic) bond motifs is 1. The lowest BCUT2D eigenvalue weighted by molar-refractivity contribution is 0.394. The van der Waals surface area contributed by atoms with Gasteiger partial charge in [-0.2, -0.15) is 4.98 Å². The minimum absolute atomic E-state index is 0.214. The second-order valence-electron chi connectivity index (χ2n) is 4.24. The highest BCUT2D eigenvalue weighted by atomic mass is 16.5. The van der Waals surface area contributed by atoms with Gasteiger partial charge in [0.1, 0.15) is 0 Å². The van der Waals surface area contributed by atoms with Crippen molar-refractivity contribution >= 4 is 10.9 Å². The van der Waals surface area contributed by atoms with E-state index in [9.17, 15) is 4.79 Å². The van der Waals surface area contributed by atoms with E-state index < -0.39 is 0 Å². The number of H-pyrrole nitrogens is 1. The van der Waals surface area contributed by atoms with Crippen LogP contribution in [0.15, 0.2) is 33.6 Å². The number of rotatable bonds is 1. The molecule has 3 aromatic rings. The maximum atomic E-state index is 12.0. The van der Waals surface area contributed by atoms with Crippen LogP contribution in [-0.2, 0) is 0 Å². The van der Waals surface area contributed by atoms with E-state index in [1.807, 2.05) is 25.1 Å². The average molecular weight is 241 g/mol. The fraction of sp³-hybridized carbons (Fsp3) is 0.154. The molecular formula is C13H11N3O2. The largest absolute Gasteiger partial charge is 0.339 e. The fourth-order valence-electron chi connectivity index (χ4n) is 1.89. The molecule has 0 amide bonds. The summed E-state index contributed by atoms with van der Waals surface area (Å²) in [5.41, 5.74) is 2.11. The van der Waals surface area contributed by atoms with Gasteiger partial charge in [-0.25, -0.2) is 0 Å². The Morgan fingerprint density at radius 3 is 2.78 bits per heavy atom. The molecule has 2 heterocycles. The molecule has 0 aliphatic carbocycles. The van der Waals surface area contributed by atoms with E-state index >= 15 is 0 Å². The van der Waals surface area contributed by atoms with Gasteiger partial charge in [-0.1, -0.05) is 17.3 Å². The van der Waals surface area contributed by atoms with Gasteiger partial charge in [0.15, 0.2) is 0 Å². The van der Waals surface area contributed by atoms with Crippen LogP contribution in [0.1, 0.15) is 11.5 Å². The number of pyridine rings is 1. The smallest absolute Gasteiger partial charge is 0.259 e. The second-order valence-corrected chi connectivity index (χ2v) is 4.24. The molecule has 0 saturated carbocycles. The number of aromatic nitrogens is 3. The predicted octanol–water partition coefficient (Wildman–Crippen LogP) is 2.19. The molecule has 3 rings (SSSR count). The molecule has 0 saturated heterocycles. The minimum Gasteiger partial charge on any atom is -0.339 e. The molecule has 0 fully saturated rings. The van der Waals surface area contributed by atoms with Crippen molar-refractivity contribution in [3.8, 4) is 11.4 Å². The van der Waals surface area contributed by atoms with E-state index in [4.69, 9.17) is 4.52 Å². The van der Waals surface area contributed by atoms with Gasteiger partial charge in [0.25, 0.3) is 5.56 Å². The van der Waals surface area contributed by atoms with Crippen LogP contribution >= 0.6 is 0 Å². The van der Waals surface area contributed by atoms with Gasteiger partial charge in [-0.3, -0.25) is 4.79 Å². The second kappa shape index (κ2) is 3.80. The number of aryl methyl sites for hydroxylation is 2.